The number of phenols is 1. The Kier molecular flexibility index (Phi) is 12.9. The summed E-state index contributed by atoms with van der Waals surface area (Å²) in [5.41, 5.74) is 2.60. The van der Waals surface area contributed by atoms with E-state index in [0.29, 0.717) is 41.8 Å². The Hall–Kier alpha value is -4.74. The summed E-state index contributed by atoms with van der Waals surface area (Å²) in [4.78, 5) is 55.5. The highest BCUT2D eigenvalue weighted by atomic mass is 16.5. The molecule has 3 aromatic carbocycles. The predicted octanol–water partition coefficient (Wildman–Crippen LogP) is 3.00. The predicted molar refractivity (Wildman–Crippen MR) is 186 cm³/mol. The van der Waals surface area contributed by atoms with Crippen LogP contribution in [0.3, 0.4) is 0 Å². The van der Waals surface area contributed by atoms with Crippen LogP contribution in [0.4, 0.5) is 0 Å². The van der Waals surface area contributed by atoms with Crippen LogP contribution in [0.25, 0.3) is 0 Å². The van der Waals surface area contributed by atoms with Gasteiger partial charge in [-0.1, -0.05) is 74.5 Å². The fraction of sp³-hybridized carbons (Fsp3) is 0.421. The number of nitrogens with one attached hydrogen (secondary N) is 3. The molecule has 4 rings (SSSR count). The lowest BCUT2D eigenvalue weighted by Crippen LogP contribution is -2.61. The van der Waals surface area contributed by atoms with Crippen LogP contribution in [-0.2, 0) is 27.2 Å². The van der Waals surface area contributed by atoms with E-state index in [2.05, 4.69) is 16.0 Å². The Bertz CT molecular complexity index is 1590. The number of nitrogens with zero attached hydrogens (tertiary/aromatic N) is 1. The number of amides is 3. The molecule has 0 spiro atoms. The second kappa shape index (κ2) is 17.1. The minimum atomic E-state index is -1.28. The Labute approximate surface area is 288 Å². The number of aromatic hydroxyl groups is 1. The third-order valence-electron chi connectivity index (χ3n) is 8.76. The molecular formula is C38H48N4O7. The van der Waals surface area contributed by atoms with Gasteiger partial charge in [0, 0.05) is 43.2 Å². The van der Waals surface area contributed by atoms with E-state index in [4.69, 9.17) is 4.74 Å². The van der Waals surface area contributed by atoms with Gasteiger partial charge in [-0.25, -0.2) is 0 Å². The number of ketones is 1. The molecule has 5 N–H and O–H groups in total. The second-order valence-corrected chi connectivity index (χ2v) is 13.1. The van der Waals surface area contributed by atoms with Crippen molar-refractivity contribution in [3.63, 3.8) is 0 Å². The number of ether oxygens (including phenoxy) is 1. The maximum Gasteiger partial charge on any atom is 0.246 e. The van der Waals surface area contributed by atoms with Gasteiger partial charge >= 0.3 is 0 Å². The zero-order chi connectivity index (χ0) is 35.7. The minimum Gasteiger partial charge on any atom is -0.508 e. The van der Waals surface area contributed by atoms with Gasteiger partial charge in [-0.3, -0.25) is 19.2 Å². The molecular weight excluding hydrogens is 624 g/mol. The zero-order valence-corrected chi connectivity index (χ0v) is 28.8. The van der Waals surface area contributed by atoms with E-state index in [9.17, 15) is 29.4 Å². The topological polar surface area (TPSA) is 157 Å². The van der Waals surface area contributed by atoms with Gasteiger partial charge in [0.15, 0.2) is 5.78 Å². The molecule has 3 amide bonds. The number of aryl methyl sites for hydroxylation is 1. The molecule has 0 saturated heterocycles. The molecule has 1 aliphatic rings. The number of phenolic OH excluding ortho intramolecular Hbond substituents is 1. The largest absolute Gasteiger partial charge is 0.508 e. The lowest BCUT2D eigenvalue weighted by atomic mass is 9.98. The summed E-state index contributed by atoms with van der Waals surface area (Å²) in [6.07, 6.45) is -0.0582. The SMILES string of the molecule is CC(C)[C@@H]1NCCOc2cc(O)ccc2CC[C@@H](C)NC(=O)[C@@H](Cc2ccc(C(=O)c3ccccc3)cc2)NC(=O)[C@H](C(C)O)N(C)C1=O. The number of hydrogen-bond donors (Lipinski definition) is 5. The van der Waals surface area contributed by atoms with E-state index in [1.165, 1.54) is 18.9 Å². The molecule has 0 saturated carbocycles. The molecule has 1 aliphatic heterocycles. The van der Waals surface area contributed by atoms with Crippen molar-refractivity contribution >= 4 is 23.5 Å². The summed E-state index contributed by atoms with van der Waals surface area (Å²) in [6.45, 7) is 7.57. The number of aliphatic hydroxyl groups excluding tert-OH is 1. The molecule has 11 nitrogen and oxygen atoms in total. The van der Waals surface area contributed by atoms with Gasteiger partial charge in [0.1, 0.15) is 30.2 Å². The Morgan fingerprint density at radius 3 is 2.27 bits per heavy atom. The average molecular weight is 673 g/mol. The molecule has 1 unspecified atom stereocenters. The molecule has 262 valence electrons. The fourth-order valence-corrected chi connectivity index (χ4v) is 5.98. The number of aliphatic hydroxyl groups is 1. The van der Waals surface area contributed by atoms with Crippen molar-refractivity contribution in [2.75, 3.05) is 20.2 Å². The highest BCUT2D eigenvalue weighted by molar-refractivity contribution is 6.09. The first-order valence-corrected chi connectivity index (χ1v) is 16.8. The molecule has 3 aromatic rings. The molecule has 1 heterocycles. The number of hydrogen-bond acceptors (Lipinski definition) is 8. The quantitative estimate of drug-likeness (QED) is 0.250. The van der Waals surface area contributed by atoms with Crippen molar-refractivity contribution in [3.05, 3.63) is 95.1 Å². The van der Waals surface area contributed by atoms with E-state index in [1.807, 2.05) is 26.8 Å². The number of carbonyl (C=O) groups is 4. The first kappa shape index (κ1) is 37.1. The van der Waals surface area contributed by atoms with Gasteiger partial charge in [-0.2, -0.15) is 0 Å². The summed E-state index contributed by atoms with van der Waals surface area (Å²) in [5, 5.41) is 29.9. The monoisotopic (exact) mass is 672 g/mol. The van der Waals surface area contributed by atoms with Crippen molar-refractivity contribution in [1.82, 2.24) is 20.9 Å². The van der Waals surface area contributed by atoms with Gasteiger partial charge in [-0.15, -0.1) is 0 Å². The fourth-order valence-electron chi connectivity index (χ4n) is 5.98. The van der Waals surface area contributed by atoms with E-state index < -0.39 is 42.0 Å². The van der Waals surface area contributed by atoms with Crippen LogP contribution in [0.5, 0.6) is 11.5 Å². The van der Waals surface area contributed by atoms with E-state index in [0.717, 1.165) is 5.56 Å². The first-order valence-electron chi connectivity index (χ1n) is 16.8. The molecule has 49 heavy (non-hydrogen) atoms. The van der Waals surface area contributed by atoms with Gasteiger partial charge in [0.2, 0.25) is 17.7 Å². The van der Waals surface area contributed by atoms with E-state index >= 15 is 0 Å². The molecule has 0 bridgehead atoms. The molecule has 0 fully saturated rings. The highest BCUT2D eigenvalue weighted by Crippen LogP contribution is 2.26. The number of fused-ring (bicyclic) bond motifs is 1. The normalized spacial score (nSPS) is 22.2. The highest BCUT2D eigenvalue weighted by Gasteiger charge is 2.37. The van der Waals surface area contributed by atoms with Crippen LogP contribution in [0.1, 0.15) is 61.2 Å². The zero-order valence-electron chi connectivity index (χ0n) is 28.8. The second-order valence-electron chi connectivity index (χ2n) is 13.1. The number of likely N-dealkylation sites (N-methyl/N-ethyl adjacent to an activating group) is 1. The van der Waals surface area contributed by atoms with Gasteiger partial charge < -0.3 is 35.8 Å². The van der Waals surface area contributed by atoms with Crippen LogP contribution in [-0.4, -0.2) is 89.1 Å². The molecule has 11 heteroatoms. The number of carbonyl (C=O) groups excluding carboxylic acids is 4. The van der Waals surface area contributed by atoms with Crippen molar-refractivity contribution in [3.8, 4) is 11.5 Å². The van der Waals surface area contributed by atoms with Crippen LogP contribution >= 0.6 is 0 Å². The van der Waals surface area contributed by atoms with Crippen LogP contribution in [0, 0.1) is 5.92 Å². The van der Waals surface area contributed by atoms with E-state index in [-0.39, 0.29) is 36.5 Å². The van der Waals surface area contributed by atoms with Crippen LogP contribution in [0.15, 0.2) is 72.8 Å². The Morgan fingerprint density at radius 1 is 0.939 bits per heavy atom. The summed E-state index contributed by atoms with van der Waals surface area (Å²) < 4.78 is 6.01. The summed E-state index contributed by atoms with van der Waals surface area (Å²) in [5.74, 6) is -1.22. The Morgan fingerprint density at radius 2 is 1.61 bits per heavy atom. The van der Waals surface area contributed by atoms with Crippen LogP contribution < -0.4 is 20.7 Å². The summed E-state index contributed by atoms with van der Waals surface area (Å²) in [6, 6.07) is 17.4. The Balaban J connectivity index is 1.63. The van der Waals surface area contributed by atoms with Crippen molar-refractivity contribution in [1.29, 1.82) is 0 Å². The molecule has 0 radical (unpaired) electrons. The van der Waals surface area contributed by atoms with Crippen molar-refractivity contribution < 1.29 is 34.1 Å². The maximum atomic E-state index is 13.8. The third kappa shape index (κ3) is 9.90. The number of rotatable bonds is 6. The van der Waals surface area contributed by atoms with Crippen molar-refractivity contribution in [2.24, 2.45) is 5.92 Å². The maximum absolute atomic E-state index is 13.8. The minimum absolute atomic E-state index is 0.0623. The summed E-state index contributed by atoms with van der Waals surface area (Å²) >= 11 is 0. The van der Waals surface area contributed by atoms with Gasteiger partial charge in [0.05, 0.1) is 12.1 Å². The van der Waals surface area contributed by atoms with Crippen molar-refractivity contribution in [2.45, 2.75) is 77.2 Å². The van der Waals surface area contributed by atoms with E-state index in [1.54, 1.807) is 66.7 Å². The van der Waals surface area contributed by atoms with Gasteiger partial charge in [0.25, 0.3) is 0 Å². The standard InChI is InChI=1S/C38H48N4O7/c1-23(2)33-38(48)42(5)34(25(4)43)37(47)41-31(21-26-12-15-29(16-13-26)35(45)28-9-7-6-8-10-28)36(46)40-24(3)11-14-27-17-18-30(44)22-32(27)49-20-19-39-33/h6-10,12-13,15-18,22-25,31,33-34,39,43-44H,11,14,19-21H2,1-5H3,(H,40,46)(H,41,47)/t24-,25?,31-,33+,34+/m1/s1. The average Bonchev–Trinajstić information content (AvgIpc) is 3.07. The molecule has 0 aromatic heterocycles. The third-order valence-corrected chi connectivity index (χ3v) is 8.76. The number of benzene rings is 3. The van der Waals surface area contributed by atoms with Gasteiger partial charge in [-0.05, 0) is 49.8 Å². The lowest BCUT2D eigenvalue weighted by molar-refractivity contribution is -0.145. The molecule has 5 atom stereocenters. The first-order chi connectivity index (χ1) is 23.3. The molecule has 0 aliphatic carbocycles. The smallest absolute Gasteiger partial charge is 0.246 e. The van der Waals surface area contributed by atoms with Crippen LogP contribution in [0.2, 0.25) is 0 Å². The lowest BCUT2D eigenvalue weighted by Gasteiger charge is -2.34. The summed E-state index contributed by atoms with van der Waals surface area (Å²) in [7, 11) is 1.46.